The van der Waals surface area contributed by atoms with Crippen molar-refractivity contribution in [3.8, 4) is 5.75 Å². The number of amides is 2. The molecular formula is C24H33F3N4O4. The van der Waals surface area contributed by atoms with Gasteiger partial charge in [0, 0.05) is 13.1 Å². The van der Waals surface area contributed by atoms with Gasteiger partial charge in [-0.1, -0.05) is 0 Å². The number of rotatable bonds is 6. The van der Waals surface area contributed by atoms with Crippen LogP contribution < -0.4 is 15.8 Å². The maximum atomic E-state index is 13.2. The van der Waals surface area contributed by atoms with Crippen LogP contribution in [0.2, 0.25) is 0 Å². The van der Waals surface area contributed by atoms with Gasteiger partial charge in [0.25, 0.3) is 0 Å². The highest BCUT2D eigenvalue weighted by atomic mass is 19.4. The van der Waals surface area contributed by atoms with E-state index in [0.717, 1.165) is 24.0 Å². The number of hydrogen-bond donors (Lipinski definition) is 2. The number of unbranched alkanes of at least 4 members (excludes halogenated alkanes) is 1. The molecule has 1 heterocycles. The molecule has 1 aromatic rings. The van der Waals surface area contributed by atoms with Gasteiger partial charge in [-0.05, 0) is 83.1 Å². The second-order valence-electron chi connectivity index (χ2n) is 9.86. The van der Waals surface area contributed by atoms with Crippen molar-refractivity contribution >= 4 is 23.5 Å². The van der Waals surface area contributed by atoms with E-state index in [-0.39, 0.29) is 31.7 Å². The summed E-state index contributed by atoms with van der Waals surface area (Å²) in [5, 5.41) is 1.86. The number of alkyl halides is 3. The summed E-state index contributed by atoms with van der Waals surface area (Å²) in [6.45, 7) is 7.27. The fraction of sp³-hybridized carbons (Fsp3) is 0.625. The van der Waals surface area contributed by atoms with Crippen LogP contribution in [0.4, 0.5) is 23.7 Å². The summed E-state index contributed by atoms with van der Waals surface area (Å²) in [6, 6.07) is 3.55. The average molecular weight is 499 g/mol. The number of nitrogens with two attached hydrogens (primary N) is 1. The number of aliphatic imine (C=N–C) groups is 1. The predicted molar refractivity (Wildman–Crippen MR) is 125 cm³/mol. The third-order valence-electron chi connectivity index (χ3n) is 5.85. The maximum Gasteiger partial charge on any atom is 0.471 e. The number of hydrogen-bond acceptors (Lipinski definition) is 6. The quantitative estimate of drug-likeness (QED) is 0.561. The second kappa shape index (κ2) is 10.3. The standard InChI is InChI=1S/C24H33F3N4O4/c1-14-20(28)30-17-13-16-15(12-19(17)34-14)8-7-9-18(16)31(22(33)35-23(2,3)4)11-6-5-10-29-21(32)24(25,26)27/h12-14,18H,5-11H2,1-4H3,(H2,28,30)(H,29,32). The van der Waals surface area contributed by atoms with Crippen LogP contribution >= 0.6 is 0 Å². The Labute approximate surface area is 203 Å². The number of aryl methyl sites for hydroxylation is 1. The molecule has 2 unspecified atom stereocenters. The number of amidine groups is 1. The molecule has 3 rings (SSSR count). The van der Waals surface area contributed by atoms with Gasteiger partial charge in [-0.15, -0.1) is 0 Å². The van der Waals surface area contributed by atoms with Crippen molar-refractivity contribution in [2.24, 2.45) is 10.7 Å². The monoisotopic (exact) mass is 498 g/mol. The van der Waals surface area contributed by atoms with E-state index in [1.807, 2.05) is 24.4 Å². The van der Waals surface area contributed by atoms with Crippen LogP contribution in [-0.4, -0.2) is 53.7 Å². The number of halogens is 3. The molecule has 2 amide bonds. The minimum absolute atomic E-state index is 0.140. The van der Waals surface area contributed by atoms with Crippen LogP contribution in [0.15, 0.2) is 17.1 Å². The SMILES string of the molecule is CC1Oc2cc3c(cc2N=C1N)C(N(CCCCNC(=O)C(F)(F)F)C(=O)OC(C)(C)C)CCC3. The fourth-order valence-electron chi connectivity index (χ4n) is 4.19. The van der Waals surface area contributed by atoms with E-state index in [9.17, 15) is 22.8 Å². The van der Waals surface area contributed by atoms with Crippen molar-refractivity contribution in [2.45, 2.75) is 83.7 Å². The fourth-order valence-corrected chi connectivity index (χ4v) is 4.19. The van der Waals surface area contributed by atoms with Gasteiger partial charge in [0.15, 0.2) is 6.10 Å². The van der Waals surface area contributed by atoms with Gasteiger partial charge in [-0.25, -0.2) is 9.79 Å². The molecule has 194 valence electrons. The Balaban J connectivity index is 1.79. The second-order valence-corrected chi connectivity index (χ2v) is 9.86. The van der Waals surface area contributed by atoms with Crippen molar-refractivity contribution in [1.29, 1.82) is 0 Å². The molecule has 0 radical (unpaired) electrons. The first-order valence-corrected chi connectivity index (χ1v) is 11.8. The third kappa shape index (κ3) is 6.79. The topological polar surface area (TPSA) is 106 Å². The number of fused-ring (bicyclic) bond motifs is 2. The number of benzene rings is 1. The summed E-state index contributed by atoms with van der Waals surface area (Å²) in [7, 11) is 0. The highest BCUT2D eigenvalue weighted by Crippen LogP contribution is 2.42. The van der Waals surface area contributed by atoms with Gasteiger partial charge in [0.1, 0.15) is 22.9 Å². The molecule has 0 saturated heterocycles. The molecule has 1 aromatic carbocycles. The minimum atomic E-state index is -4.92. The molecule has 11 heteroatoms. The van der Waals surface area contributed by atoms with Crippen LogP contribution in [0, 0.1) is 0 Å². The highest BCUT2D eigenvalue weighted by molar-refractivity contribution is 5.90. The van der Waals surface area contributed by atoms with Crippen molar-refractivity contribution in [3.05, 3.63) is 23.3 Å². The van der Waals surface area contributed by atoms with E-state index >= 15 is 0 Å². The molecule has 1 aliphatic heterocycles. The van der Waals surface area contributed by atoms with Crippen LogP contribution in [0.5, 0.6) is 5.75 Å². The van der Waals surface area contributed by atoms with E-state index in [1.165, 1.54) is 0 Å². The van der Waals surface area contributed by atoms with Crippen molar-refractivity contribution in [3.63, 3.8) is 0 Å². The predicted octanol–water partition coefficient (Wildman–Crippen LogP) is 4.53. The zero-order valence-corrected chi connectivity index (χ0v) is 20.5. The van der Waals surface area contributed by atoms with Gasteiger partial charge in [-0.2, -0.15) is 13.2 Å². The molecule has 2 atom stereocenters. The van der Waals surface area contributed by atoms with E-state index in [1.54, 1.807) is 25.7 Å². The maximum absolute atomic E-state index is 13.2. The van der Waals surface area contributed by atoms with Gasteiger partial charge in [0.05, 0.1) is 6.04 Å². The first kappa shape index (κ1) is 26.6. The smallest absolute Gasteiger partial charge is 0.471 e. The third-order valence-corrected chi connectivity index (χ3v) is 5.85. The van der Waals surface area contributed by atoms with Crippen molar-refractivity contribution in [1.82, 2.24) is 10.2 Å². The Morgan fingerprint density at radius 3 is 2.63 bits per heavy atom. The molecule has 35 heavy (non-hydrogen) atoms. The first-order chi connectivity index (χ1) is 16.3. The van der Waals surface area contributed by atoms with Crippen LogP contribution in [0.25, 0.3) is 0 Å². The molecule has 0 fully saturated rings. The number of carbonyl (C=O) groups excluding carboxylic acids is 2. The molecule has 1 aliphatic carbocycles. The Morgan fingerprint density at radius 2 is 1.97 bits per heavy atom. The lowest BCUT2D eigenvalue weighted by Gasteiger charge is -2.37. The van der Waals surface area contributed by atoms with E-state index in [4.69, 9.17) is 15.2 Å². The molecule has 0 saturated carbocycles. The molecular weight excluding hydrogens is 465 g/mol. The first-order valence-electron chi connectivity index (χ1n) is 11.8. The molecule has 0 aromatic heterocycles. The largest absolute Gasteiger partial charge is 0.481 e. The van der Waals surface area contributed by atoms with E-state index in [0.29, 0.717) is 30.1 Å². The van der Waals surface area contributed by atoms with Crippen molar-refractivity contribution < 1.29 is 32.2 Å². The average Bonchev–Trinajstić information content (AvgIpc) is 2.73. The van der Waals surface area contributed by atoms with Crippen LogP contribution in [0.1, 0.15) is 70.5 Å². The zero-order valence-electron chi connectivity index (χ0n) is 20.5. The van der Waals surface area contributed by atoms with Gasteiger partial charge < -0.3 is 25.4 Å². The zero-order chi connectivity index (χ0) is 26.0. The van der Waals surface area contributed by atoms with Gasteiger partial charge >= 0.3 is 18.2 Å². The van der Waals surface area contributed by atoms with Crippen LogP contribution in [-0.2, 0) is 16.0 Å². The summed E-state index contributed by atoms with van der Waals surface area (Å²) in [6.07, 6.45) is -2.71. The normalized spacial score (nSPS) is 19.6. The molecule has 2 aliphatic rings. The lowest BCUT2D eigenvalue weighted by Crippen LogP contribution is -2.41. The van der Waals surface area contributed by atoms with Gasteiger partial charge in [0.2, 0.25) is 0 Å². The summed E-state index contributed by atoms with van der Waals surface area (Å²) in [5.41, 5.74) is 7.83. The number of ether oxygens (including phenoxy) is 2. The Morgan fingerprint density at radius 1 is 1.26 bits per heavy atom. The lowest BCUT2D eigenvalue weighted by molar-refractivity contribution is -0.173. The number of nitrogens with one attached hydrogen (secondary N) is 1. The van der Waals surface area contributed by atoms with E-state index < -0.39 is 23.8 Å². The highest BCUT2D eigenvalue weighted by Gasteiger charge is 2.38. The van der Waals surface area contributed by atoms with E-state index in [2.05, 4.69) is 4.99 Å². The summed E-state index contributed by atoms with van der Waals surface area (Å²) in [5.74, 6) is -0.950. The lowest BCUT2D eigenvalue weighted by atomic mass is 9.86. The Kier molecular flexibility index (Phi) is 7.86. The molecule has 0 spiro atoms. The summed E-state index contributed by atoms with van der Waals surface area (Å²) < 4.78 is 48.7. The van der Waals surface area contributed by atoms with Gasteiger partial charge in [-0.3, -0.25) is 4.79 Å². The summed E-state index contributed by atoms with van der Waals surface area (Å²) >= 11 is 0. The molecule has 8 nitrogen and oxygen atoms in total. The molecule has 3 N–H and O–H groups in total. The summed E-state index contributed by atoms with van der Waals surface area (Å²) in [4.78, 5) is 30.3. The number of carbonyl (C=O) groups is 2. The minimum Gasteiger partial charge on any atom is -0.481 e. The Bertz CT molecular complexity index is 988. The number of nitrogens with zero attached hydrogens (tertiary/aromatic N) is 2. The van der Waals surface area contributed by atoms with Crippen molar-refractivity contribution in [2.75, 3.05) is 13.1 Å². The van der Waals surface area contributed by atoms with Crippen LogP contribution in [0.3, 0.4) is 0 Å². The Hall–Kier alpha value is -2.98. The molecule has 0 bridgehead atoms.